The maximum Gasteiger partial charge on any atom is -0.000135 e. The first kappa shape index (κ1) is 9.50. The highest BCUT2D eigenvalue weighted by Gasteiger charge is 2.52. The van der Waals surface area contributed by atoms with Crippen LogP contribution in [-0.2, 0) is 0 Å². The molecule has 5 rings (SSSR count). The summed E-state index contributed by atoms with van der Waals surface area (Å²) in [6, 6.07) is 0. The lowest BCUT2D eigenvalue weighted by atomic mass is 9.48. The van der Waals surface area contributed by atoms with Gasteiger partial charge in [-0.1, -0.05) is 19.1 Å². The highest BCUT2D eigenvalue weighted by molar-refractivity contribution is 5.34. The van der Waals surface area contributed by atoms with E-state index in [1.54, 1.807) is 24.8 Å². The largest absolute Gasteiger partial charge is 0.0735 e. The van der Waals surface area contributed by atoms with Crippen molar-refractivity contribution >= 4 is 0 Å². The lowest BCUT2D eigenvalue weighted by molar-refractivity contribution is -0.0285. The van der Waals surface area contributed by atoms with Gasteiger partial charge in [0, 0.05) is 0 Å². The van der Waals surface area contributed by atoms with Gasteiger partial charge < -0.3 is 0 Å². The molecule has 0 aromatic rings. The molecule has 0 aromatic carbocycles. The predicted molar refractivity (Wildman–Crippen MR) is 65.7 cm³/mol. The van der Waals surface area contributed by atoms with Gasteiger partial charge >= 0.3 is 0 Å². The fourth-order valence-corrected chi connectivity index (χ4v) is 5.38. The fraction of sp³-hybridized carbons (Fsp3) is 0.750. The summed E-state index contributed by atoms with van der Waals surface area (Å²) < 4.78 is 0. The fourth-order valence-electron chi connectivity index (χ4n) is 5.38. The Morgan fingerprint density at radius 1 is 1.06 bits per heavy atom. The van der Waals surface area contributed by atoms with Crippen LogP contribution < -0.4 is 0 Å². The van der Waals surface area contributed by atoms with Crippen LogP contribution in [0.5, 0.6) is 0 Å². The minimum Gasteiger partial charge on any atom is -0.0735 e. The van der Waals surface area contributed by atoms with E-state index in [0.29, 0.717) is 11.3 Å². The van der Waals surface area contributed by atoms with E-state index in [1.165, 1.54) is 19.3 Å². The molecule has 85 valence electrons. The molecule has 0 saturated heterocycles. The van der Waals surface area contributed by atoms with Crippen LogP contribution in [0.3, 0.4) is 0 Å². The summed E-state index contributed by atoms with van der Waals surface area (Å²) in [5.74, 6) is 3.77. The molecule has 1 unspecified atom stereocenters. The number of allylic oxidation sites excluding steroid dienone is 4. The molecule has 5 aliphatic rings. The molecular formula is C16H21. The number of hydrogen-bond donors (Lipinski definition) is 0. The van der Waals surface area contributed by atoms with Crippen LogP contribution in [0.25, 0.3) is 0 Å². The predicted octanol–water partition coefficient (Wildman–Crippen LogP) is 4.14. The summed E-state index contributed by atoms with van der Waals surface area (Å²) in [7, 11) is 0. The molecular weight excluding hydrogens is 192 g/mol. The van der Waals surface area contributed by atoms with Crippen LogP contribution in [0.4, 0.5) is 0 Å². The van der Waals surface area contributed by atoms with Crippen molar-refractivity contribution in [3.63, 3.8) is 0 Å². The Balaban J connectivity index is 1.72. The summed E-state index contributed by atoms with van der Waals surface area (Å²) >= 11 is 0. The zero-order valence-electron chi connectivity index (χ0n) is 10.2. The Morgan fingerprint density at radius 3 is 2.06 bits per heavy atom. The average molecular weight is 213 g/mol. The van der Waals surface area contributed by atoms with Crippen molar-refractivity contribution < 1.29 is 0 Å². The van der Waals surface area contributed by atoms with Crippen LogP contribution in [0.15, 0.2) is 17.7 Å². The van der Waals surface area contributed by atoms with Crippen molar-refractivity contribution in [2.45, 2.75) is 45.4 Å². The monoisotopic (exact) mass is 213 g/mol. The first-order valence-corrected chi connectivity index (χ1v) is 7.05. The van der Waals surface area contributed by atoms with Gasteiger partial charge in [-0.25, -0.2) is 0 Å². The van der Waals surface area contributed by atoms with Crippen molar-refractivity contribution in [2.24, 2.45) is 29.1 Å². The highest BCUT2D eigenvalue weighted by Crippen LogP contribution is 2.63. The second kappa shape index (κ2) is 3.03. The Morgan fingerprint density at radius 2 is 1.62 bits per heavy atom. The van der Waals surface area contributed by atoms with Gasteiger partial charge in [0.1, 0.15) is 0 Å². The van der Waals surface area contributed by atoms with E-state index < -0.39 is 0 Å². The van der Waals surface area contributed by atoms with Gasteiger partial charge in [-0.3, -0.25) is 0 Å². The summed E-state index contributed by atoms with van der Waals surface area (Å²) in [5.41, 5.74) is 2.27. The van der Waals surface area contributed by atoms with Crippen LogP contribution in [-0.4, -0.2) is 0 Å². The van der Waals surface area contributed by atoms with Gasteiger partial charge in [-0.15, -0.1) is 0 Å². The Labute approximate surface area is 98.8 Å². The van der Waals surface area contributed by atoms with Gasteiger partial charge in [0.15, 0.2) is 0 Å². The topological polar surface area (TPSA) is 0 Å². The number of hydrogen-bond acceptors (Lipinski definition) is 0. The van der Waals surface area contributed by atoms with E-state index in [-0.39, 0.29) is 0 Å². The van der Waals surface area contributed by atoms with E-state index in [2.05, 4.69) is 25.2 Å². The first-order valence-electron chi connectivity index (χ1n) is 7.05. The molecule has 0 aromatic heterocycles. The molecule has 0 heteroatoms. The molecule has 0 nitrogen and oxygen atoms in total. The van der Waals surface area contributed by atoms with Crippen molar-refractivity contribution in [2.75, 3.05) is 0 Å². The van der Waals surface area contributed by atoms with E-state index in [1.807, 2.05) is 0 Å². The zero-order valence-corrected chi connectivity index (χ0v) is 10.2. The first-order chi connectivity index (χ1) is 7.73. The van der Waals surface area contributed by atoms with Crippen molar-refractivity contribution in [3.8, 4) is 0 Å². The SMILES string of the molecule is CC1[C]=CC(C23CC4CC(CC(C4)C2)C3)=C1. The average Bonchev–Trinajstić information content (AvgIpc) is 2.63. The molecule has 4 bridgehead atoms. The van der Waals surface area contributed by atoms with E-state index in [9.17, 15) is 0 Å². The molecule has 5 aliphatic carbocycles. The molecule has 0 N–H and O–H groups in total. The molecule has 1 radical (unpaired) electrons. The molecule has 0 aliphatic heterocycles. The van der Waals surface area contributed by atoms with Gasteiger partial charge in [0.05, 0.1) is 0 Å². The van der Waals surface area contributed by atoms with Gasteiger partial charge in [-0.05, 0) is 79.3 Å². The smallest absolute Gasteiger partial charge is 0.000135 e. The highest BCUT2D eigenvalue weighted by atomic mass is 14.6. The van der Waals surface area contributed by atoms with E-state index >= 15 is 0 Å². The van der Waals surface area contributed by atoms with Crippen LogP contribution in [0.2, 0.25) is 0 Å². The maximum atomic E-state index is 3.48. The summed E-state index contributed by atoms with van der Waals surface area (Å²) in [5, 5.41) is 0. The van der Waals surface area contributed by atoms with Crippen molar-refractivity contribution in [1.29, 1.82) is 0 Å². The van der Waals surface area contributed by atoms with E-state index in [0.717, 1.165) is 17.8 Å². The van der Waals surface area contributed by atoms with Gasteiger partial charge in [-0.2, -0.15) is 0 Å². The summed E-state index contributed by atoms with van der Waals surface area (Å²) in [6.45, 7) is 2.27. The lowest BCUT2D eigenvalue weighted by Gasteiger charge is -2.57. The molecule has 0 heterocycles. The lowest BCUT2D eigenvalue weighted by Crippen LogP contribution is -2.46. The third-order valence-corrected chi connectivity index (χ3v) is 5.58. The standard InChI is InChI=1S/C16H21/c1-11-2-3-15(4-11)16-8-12-5-13(9-16)7-14(6-12)10-16/h3-4,11-14H,5-10H2,1H3. The summed E-state index contributed by atoms with van der Waals surface area (Å²) in [4.78, 5) is 0. The third kappa shape index (κ3) is 1.22. The molecule has 1 atom stereocenters. The second-order valence-corrected chi connectivity index (χ2v) is 6.92. The molecule has 4 fully saturated rings. The molecule has 0 spiro atoms. The molecule has 16 heavy (non-hydrogen) atoms. The third-order valence-electron chi connectivity index (χ3n) is 5.58. The zero-order chi connectivity index (χ0) is 10.8. The minimum absolute atomic E-state index is 0.572. The second-order valence-electron chi connectivity index (χ2n) is 6.92. The molecule has 4 saturated carbocycles. The Hall–Kier alpha value is -0.520. The van der Waals surface area contributed by atoms with Gasteiger partial charge in [0.25, 0.3) is 0 Å². The minimum atomic E-state index is 0.572. The quantitative estimate of drug-likeness (QED) is 0.614. The van der Waals surface area contributed by atoms with Crippen LogP contribution >= 0.6 is 0 Å². The van der Waals surface area contributed by atoms with Crippen molar-refractivity contribution in [3.05, 3.63) is 23.8 Å². The number of rotatable bonds is 1. The van der Waals surface area contributed by atoms with Crippen LogP contribution in [0.1, 0.15) is 45.4 Å². The van der Waals surface area contributed by atoms with Crippen molar-refractivity contribution in [1.82, 2.24) is 0 Å². The van der Waals surface area contributed by atoms with Gasteiger partial charge in [0.2, 0.25) is 0 Å². The maximum absolute atomic E-state index is 3.48. The normalized spacial score (nSPS) is 53.4. The van der Waals surface area contributed by atoms with E-state index in [4.69, 9.17) is 0 Å². The van der Waals surface area contributed by atoms with Crippen LogP contribution in [0, 0.1) is 35.2 Å². The molecule has 0 amide bonds. The summed E-state index contributed by atoms with van der Waals surface area (Å²) in [6.07, 6.45) is 17.4. The Bertz CT molecular complexity index is 336. The Kier molecular flexibility index (Phi) is 1.80.